The summed E-state index contributed by atoms with van der Waals surface area (Å²) >= 11 is 0. The number of hydrogen-bond acceptors (Lipinski definition) is 3. The minimum absolute atomic E-state index is 0.0829. The summed E-state index contributed by atoms with van der Waals surface area (Å²) in [5.41, 5.74) is 1.92. The molecule has 1 unspecified atom stereocenters. The molecule has 5 heteroatoms. The molecule has 128 valence electrons. The van der Waals surface area contributed by atoms with Gasteiger partial charge in [-0.05, 0) is 55.8 Å². The number of amides is 1. The Labute approximate surface area is 142 Å². The second-order valence-corrected chi connectivity index (χ2v) is 5.68. The molecule has 2 aromatic rings. The molecular weight excluding hydrogens is 307 g/mol. The summed E-state index contributed by atoms with van der Waals surface area (Å²) in [5, 5.41) is 5.98. The van der Waals surface area contributed by atoms with Gasteiger partial charge in [-0.3, -0.25) is 4.79 Å². The van der Waals surface area contributed by atoms with Crippen molar-refractivity contribution in [2.45, 2.75) is 25.4 Å². The largest absolute Gasteiger partial charge is 0.497 e. The molecule has 0 aliphatic carbocycles. The number of rotatable bonds is 7. The van der Waals surface area contributed by atoms with Crippen molar-refractivity contribution in [3.05, 3.63) is 65.5 Å². The normalized spacial score (nSPS) is 13.2. The minimum atomic E-state index is -0.293. The van der Waals surface area contributed by atoms with Crippen LogP contribution in [0, 0.1) is 5.82 Å². The fraction of sp³-hybridized carbons (Fsp3) is 0.316. The molecule has 4 nitrogen and oxygen atoms in total. The summed E-state index contributed by atoms with van der Waals surface area (Å²) in [6.45, 7) is 1.80. The third kappa shape index (κ3) is 4.80. The topological polar surface area (TPSA) is 50.4 Å². The fourth-order valence-corrected chi connectivity index (χ4v) is 2.37. The van der Waals surface area contributed by atoms with E-state index in [4.69, 9.17) is 4.74 Å². The Morgan fingerprint density at radius 1 is 1.12 bits per heavy atom. The average molecular weight is 330 g/mol. The SMILES string of the molecule is CN[C@@H](C)C(=O)NC(Cc1ccc(F)cc1)c1ccc(OC)cc1. The van der Waals surface area contributed by atoms with Crippen LogP contribution in [0.2, 0.25) is 0 Å². The van der Waals surface area contributed by atoms with E-state index in [-0.39, 0.29) is 23.8 Å². The standard InChI is InChI=1S/C19H23FN2O2/c1-13(21-2)19(23)22-18(12-14-4-8-16(20)9-5-14)15-6-10-17(24-3)11-7-15/h4-11,13,18,21H,12H2,1-3H3,(H,22,23)/t13-,18?/m0/s1. The van der Waals surface area contributed by atoms with E-state index in [0.717, 1.165) is 16.9 Å². The molecule has 0 saturated heterocycles. The number of hydrogen-bond donors (Lipinski definition) is 2. The molecule has 0 heterocycles. The Balaban J connectivity index is 2.22. The number of halogens is 1. The van der Waals surface area contributed by atoms with Crippen LogP contribution in [0.25, 0.3) is 0 Å². The Hall–Kier alpha value is -2.40. The maximum atomic E-state index is 13.1. The van der Waals surface area contributed by atoms with Crippen molar-refractivity contribution in [1.29, 1.82) is 0 Å². The Morgan fingerprint density at radius 2 is 1.75 bits per heavy atom. The summed E-state index contributed by atoms with van der Waals surface area (Å²) in [4.78, 5) is 12.3. The summed E-state index contributed by atoms with van der Waals surface area (Å²) in [5.74, 6) is 0.405. The maximum Gasteiger partial charge on any atom is 0.237 e. The maximum absolute atomic E-state index is 13.1. The Bertz CT molecular complexity index is 656. The van der Waals surface area contributed by atoms with Crippen LogP contribution in [-0.2, 0) is 11.2 Å². The van der Waals surface area contributed by atoms with E-state index in [1.807, 2.05) is 24.3 Å². The van der Waals surface area contributed by atoms with Gasteiger partial charge in [-0.1, -0.05) is 24.3 Å². The molecule has 0 spiro atoms. The molecule has 2 atom stereocenters. The zero-order chi connectivity index (χ0) is 17.5. The zero-order valence-electron chi connectivity index (χ0n) is 14.2. The van der Waals surface area contributed by atoms with Crippen molar-refractivity contribution in [3.8, 4) is 5.75 Å². The van der Waals surface area contributed by atoms with Crippen LogP contribution in [0.15, 0.2) is 48.5 Å². The number of carbonyl (C=O) groups excluding carboxylic acids is 1. The molecular formula is C19H23FN2O2. The van der Waals surface area contributed by atoms with Crippen molar-refractivity contribution in [3.63, 3.8) is 0 Å². The van der Waals surface area contributed by atoms with Crippen LogP contribution < -0.4 is 15.4 Å². The number of ether oxygens (including phenoxy) is 1. The summed E-state index contributed by atoms with van der Waals surface area (Å²) in [7, 11) is 3.36. The van der Waals surface area contributed by atoms with Gasteiger partial charge in [0.05, 0.1) is 19.2 Å². The van der Waals surface area contributed by atoms with Gasteiger partial charge in [0, 0.05) is 0 Å². The second kappa shape index (κ2) is 8.45. The van der Waals surface area contributed by atoms with Crippen molar-refractivity contribution in [2.75, 3.05) is 14.2 Å². The summed E-state index contributed by atoms with van der Waals surface area (Å²) in [6, 6.07) is 13.4. The lowest BCUT2D eigenvalue weighted by atomic mass is 9.98. The van der Waals surface area contributed by atoms with E-state index in [1.54, 1.807) is 33.2 Å². The van der Waals surface area contributed by atoms with Gasteiger partial charge < -0.3 is 15.4 Å². The first-order valence-corrected chi connectivity index (χ1v) is 7.89. The summed E-state index contributed by atoms with van der Waals surface area (Å²) < 4.78 is 18.3. The van der Waals surface area contributed by atoms with Crippen molar-refractivity contribution < 1.29 is 13.9 Å². The first-order valence-electron chi connectivity index (χ1n) is 7.89. The van der Waals surface area contributed by atoms with Gasteiger partial charge >= 0.3 is 0 Å². The van der Waals surface area contributed by atoms with Crippen molar-refractivity contribution in [1.82, 2.24) is 10.6 Å². The monoisotopic (exact) mass is 330 g/mol. The number of likely N-dealkylation sites (N-methyl/N-ethyl adjacent to an activating group) is 1. The number of nitrogens with one attached hydrogen (secondary N) is 2. The molecule has 0 aliphatic heterocycles. The lowest BCUT2D eigenvalue weighted by Gasteiger charge is -2.22. The van der Waals surface area contributed by atoms with E-state index >= 15 is 0 Å². The van der Waals surface area contributed by atoms with Gasteiger partial charge in [0.25, 0.3) is 0 Å². The molecule has 0 aromatic heterocycles. The molecule has 0 saturated carbocycles. The zero-order valence-corrected chi connectivity index (χ0v) is 14.2. The van der Waals surface area contributed by atoms with Crippen molar-refractivity contribution >= 4 is 5.91 Å². The molecule has 0 radical (unpaired) electrons. The lowest BCUT2D eigenvalue weighted by Crippen LogP contribution is -2.42. The molecule has 1 amide bonds. The first kappa shape index (κ1) is 17.9. The highest BCUT2D eigenvalue weighted by Crippen LogP contribution is 2.22. The molecule has 0 aliphatic rings. The quantitative estimate of drug-likeness (QED) is 0.821. The van der Waals surface area contributed by atoms with E-state index in [0.29, 0.717) is 6.42 Å². The van der Waals surface area contributed by atoms with E-state index in [2.05, 4.69) is 10.6 Å². The van der Waals surface area contributed by atoms with Crippen molar-refractivity contribution in [2.24, 2.45) is 0 Å². The van der Waals surface area contributed by atoms with Crippen LogP contribution in [0.4, 0.5) is 4.39 Å². The van der Waals surface area contributed by atoms with Crippen LogP contribution in [0.3, 0.4) is 0 Å². The molecule has 2 rings (SSSR count). The predicted octanol–water partition coefficient (Wildman–Crippen LogP) is 2.84. The molecule has 24 heavy (non-hydrogen) atoms. The fourth-order valence-electron chi connectivity index (χ4n) is 2.37. The smallest absolute Gasteiger partial charge is 0.237 e. The highest BCUT2D eigenvalue weighted by Gasteiger charge is 2.18. The Morgan fingerprint density at radius 3 is 2.29 bits per heavy atom. The molecule has 0 bridgehead atoms. The molecule has 2 N–H and O–H groups in total. The van der Waals surface area contributed by atoms with Crippen LogP contribution in [-0.4, -0.2) is 26.1 Å². The second-order valence-electron chi connectivity index (χ2n) is 5.68. The van der Waals surface area contributed by atoms with Crippen LogP contribution in [0.1, 0.15) is 24.1 Å². The van der Waals surface area contributed by atoms with Gasteiger partial charge in [-0.15, -0.1) is 0 Å². The number of carbonyl (C=O) groups is 1. The minimum Gasteiger partial charge on any atom is -0.497 e. The molecule has 0 fully saturated rings. The van der Waals surface area contributed by atoms with Gasteiger partial charge in [0.15, 0.2) is 0 Å². The van der Waals surface area contributed by atoms with Gasteiger partial charge in [-0.25, -0.2) is 4.39 Å². The van der Waals surface area contributed by atoms with Gasteiger partial charge in [0.1, 0.15) is 11.6 Å². The van der Waals surface area contributed by atoms with Gasteiger partial charge in [0.2, 0.25) is 5.91 Å². The Kier molecular flexibility index (Phi) is 6.32. The van der Waals surface area contributed by atoms with E-state index < -0.39 is 0 Å². The summed E-state index contributed by atoms with van der Waals surface area (Å²) in [6.07, 6.45) is 0.578. The average Bonchev–Trinajstić information content (AvgIpc) is 2.62. The third-order valence-electron chi connectivity index (χ3n) is 4.01. The van der Waals surface area contributed by atoms with Gasteiger partial charge in [-0.2, -0.15) is 0 Å². The van der Waals surface area contributed by atoms with E-state index in [9.17, 15) is 9.18 Å². The predicted molar refractivity (Wildman–Crippen MR) is 92.5 cm³/mol. The molecule has 2 aromatic carbocycles. The third-order valence-corrected chi connectivity index (χ3v) is 4.01. The number of benzene rings is 2. The lowest BCUT2D eigenvalue weighted by molar-refractivity contribution is -0.123. The van der Waals surface area contributed by atoms with Crippen LogP contribution >= 0.6 is 0 Å². The highest BCUT2D eigenvalue weighted by atomic mass is 19.1. The van der Waals surface area contributed by atoms with Crippen LogP contribution in [0.5, 0.6) is 5.75 Å². The highest BCUT2D eigenvalue weighted by molar-refractivity contribution is 5.81. The van der Waals surface area contributed by atoms with E-state index in [1.165, 1.54) is 12.1 Å². The number of methoxy groups -OCH3 is 1. The first-order chi connectivity index (χ1) is 11.5.